The summed E-state index contributed by atoms with van der Waals surface area (Å²) < 4.78 is 0.814. The van der Waals surface area contributed by atoms with Gasteiger partial charge in [-0.2, -0.15) is 0 Å². The van der Waals surface area contributed by atoms with Crippen molar-refractivity contribution in [3.63, 3.8) is 0 Å². The van der Waals surface area contributed by atoms with E-state index >= 15 is 0 Å². The van der Waals surface area contributed by atoms with Gasteiger partial charge in [0.2, 0.25) is 0 Å². The van der Waals surface area contributed by atoms with E-state index in [1.165, 1.54) is 6.33 Å². The van der Waals surface area contributed by atoms with Gasteiger partial charge in [0.1, 0.15) is 0 Å². The van der Waals surface area contributed by atoms with Crippen LogP contribution in [0.25, 0.3) is 10.9 Å². The second kappa shape index (κ2) is 5.38. The molecule has 21 heavy (non-hydrogen) atoms. The molecule has 0 unspecified atom stereocenters. The summed E-state index contributed by atoms with van der Waals surface area (Å²) in [4.78, 5) is 18.3. The normalized spacial score (nSPS) is 10.8. The standard InChI is InChI=1S/C14H10BrClN4O/c15-9-2-1-7(3-10(9)16)20-13-5-12-8(4-11(13)17)14(21)19-6-18-12/h1-6,20H,17H2,(H,18,19,21). The van der Waals surface area contributed by atoms with E-state index in [0.29, 0.717) is 27.3 Å². The van der Waals surface area contributed by atoms with Gasteiger partial charge in [-0.25, -0.2) is 4.98 Å². The van der Waals surface area contributed by atoms with Gasteiger partial charge in [-0.05, 0) is 46.3 Å². The fourth-order valence-electron chi connectivity index (χ4n) is 1.97. The number of nitrogens with zero attached hydrogens (tertiary/aromatic N) is 1. The first kappa shape index (κ1) is 13.9. The number of hydrogen-bond acceptors (Lipinski definition) is 4. The maximum Gasteiger partial charge on any atom is 0.258 e. The van der Waals surface area contributed by atoms with Gasteiger partial charge >= 0.3 is 0 Å². The Hall–Kier alpha value is -2.05. The molecule has 0 aliphatic rings. The van der Waals surface area contributed by atoms with Gasteiger partial charge in [0.25, 0.3) is 5.56 Å². The number of benzene rings is 2. The minimum atomic E-state index is -0.218. The van der Waals surface area contributed by atoms with Crippen LogP contribution in [0, 0.1) is 0 Å². The number of H-pyrrole nitrogens is 1. The Morgan fingerprint density at radius 2 is 2.10 bits per heavy atom. The predicted molar refractivity (Wildman–Crippen MR) is 89.2 cm³/mol. The number of halogens is 2. The van der Waals surface area contributed by atoms with Crippen LogP contribution in [0.3, 0.4) is 0 Å². The summed E-state index contributed by atoms with van der Waals surface area (Å²) in [5, 5.41) is 4.21. The monoisotopic (exact) mass is 364 g/mol. The van der Waals surface area contributed by atoms with Gasteiger partial charge in [0, 0.05) is 10.2 Å². The van der Waals surface area contributed by atoms with E-state index in [9.17, 15) is 4.79 Å². The zero-order valence-corrected chi connectivity index (χ0v) is 13.0. The molecule has 0 atom stereocenters. The lowest BCUT2D eigenvalue weighted by Gasteiger charge is -2.11. The lowest BCUT2D eigenvalue weighted by atomic mass is 10.2. The van der Waals surface area contributed by atoms with Crippen molar-refractivity contribution in [1.29, 1.82) is 0 Å². The van der Waals surface area contributed by atoms with Gasteiger partial charge in [0.15, 0.2) is 0 Å². The van der Waals surface area contributed by atoms with Gasteiger partial charge in [-0.15, -0.1) is 0 Å². The first-order chi connectivity index (χ1) is 10.0. The van der Waals surface area contributed by atoms with Crippen LogP contribution in [0.4, 0.5) is 17.1 Å². The Kier molecular flexibility index (Phi) is 3.57. The second-order valence-electron chi connectivity index (χ2n) is 4.44. The van der Waals surface area contributed by atoms with Crippen LogP contribution in [0.1, 0.15) is 0 Å². The number of rotatable bonds is 2. The number of hydrogen-bond donors (Lipinski definition) is 3. The van der Waals surface area contributed by atoms with Crippen molar-refractivity contribution >= 4 is 55.5 Å². The molecule has 5 nitrogen and oxygen atoms in total. The zero-order chi connectivity index (χ0) is 15.0. The van der Waals surface area contributed by atoms with Crippen LogP contribution in [0.15, 0.2) is 45.9 Å². The molecule has 0 saturated carbocycles. The summed E-state index contributed by atoms with van der Waals surface area (Å²) in [6.45, 7) is 0. The van der Waals surface area contributed by atoms with Crippen LogP contribution >= 0.6 is 27.5 Å². The highest BCUT2D eigenvalue weighted by Gasteiger charge is 2.07. The SMILES string of the molecule is Nc1cc2c(=O)[nH]cnc2cc1Nc1ccc(Br)c(Cl)c1. The quantitative estimate of drug-likeness (QED) is 0.605. The summed E-state index contributed by atoms with van der Waals surface area (Å²) in [7, 11) is 0. The number of anilines is 3. The third-order valence-corrected chi connectivity index (χ3v) is 4.24. The van der Waals surface area contributed by atoms with E-state index in [-0.39, 0.29) is 5.56 Å². The number of aromatic nitrogens is 2. The van der Waals surface area contributed by atoms with Crippen LogP contribution in [-0.2, 0) is 0 Å². The van der Waals surface area contributed by atoms with Crippen LogP contribution in [0.2, 0.25) is 5.02 Å². The Bertz CT molecular complexity index is 894. The Balaban J connectivity index is 2.06. The van der Waals surface area contributed by atoms with E-state index in [2.05, 4.69) is 31.2 Å². The third-order valence-electron chi connectivity index (χ3n) is 3.01. The maximum atomic E-state index is 11.7. The Morgan fingerprint density at radius 3 is 2.86 bits per heavy atom. The highest BCUT2D eigenvalue weighted by atomic mass is 79.9. The number of nitrogens with one attached hydrogen (secondary N) is 2. The Labute approximate surface area is 133 Å². The van der Waals surface area contributed by atoms with Crippen molar-refractivity contribution in [1.82, 2.24) is 9.97 Å². The molecule has 106 valence electrons. The molecule has 0 aliphatic carbocycles. The number of aromatic amines is 1. The van der Waals surface area contributed by atoms with E-state index in [4.69, 9.17) is 17.3 Å². The predicted octanol–water partition coefficient (Wildman–Crippen LogP) is 3.66. The highest BCUT2D eigenvalue weighted by molar-refractivity contribution is 9.10. The molecule has 0 saturated heterocycles. The number of nitrogens with two attached hydrogens (primary N) is 1. The van der Waals surface area contributed by atoms with Gasteiger partial charge in [-0.1, -0.05) is 11.6 Å². The van der Waals surface area contributed by atoms with E-state index in [1.54, 1.807) is 18.2 Å². The number of fused-ring (bicyclic) bond motifs is 1. The summed E-state index contributed by atoms with van der Waals surface area (Å²) in [6.07, 6.45) is 1.36. The molecule has 0 fully saturated rings. The topological polar surface area (TPSA) is 83.8 Å². The third kappa shape index (κ3) is 2.72. The van der Waals surface area contributed by atoms with Gasteiger partial charge in [0.05, 0.1) is 33.6 Å². The maximum absolute atomic E-state index is 11.7. The molecule has 2 aromatic carbocycles. The first-order valence-electron chi connectivity index (χ1n) is 6.03. The van der Waals surface area contributed by atoms with E-state index in [0.717, 1.165) is 10.2 Å². The molecule has 3 aromatic rings. The molecule has 0 aliphatic heterocycles. The minimum Gasteiger partial charge on any atom is -0.397 e. The second-order valence-corrected chi connectivity index (χ2v) is 5.70. The molecular weight excluding hydrogens is 356 g/mol. The highest BCUT2D eigenvalue weighted by Crippen LogP contribution is 2.30. The van der Waals surface area contributed by atoms with Crippen molar-refractivity contribution < 1.29 is 0 Å². The summed E-state index contributed by atoms with van der Waals surface area (Å²) in [5.41, 5.74) is 8.25. The van der Waals surface area contributed by atoms with Crippen LogP contribution in [-0.4, -0.2) is 9.97 Å². The molecule has 0 bridgehead atoms. The first-order valence-corrected chi connectivity index (χ1v) is 7.20. The summed E-state index contributed by atoms with van der Waals surface area (Å²) in [6, 6.07) is 8.82. The fourth-order valence-corrected chi connectivity index (χ4v) is 2.40. The van der Waals surface area contributed by atoms with E-state index in [1.807, 2.05) is 12.1 Å². The lowest BCUT2D eigenvalue weighted by Crippen LogP contribution is -2.07. The molecule has 3 rings (SSSR count). The van der Waals surface area contributed by atoms with Crippen LogP contribution in [0.5, 0.6) is 0 Å². The molecule has 4 N–H and O–H groups in total. The van der Waals surface area contributed by atoms with Crippen LogP contribution < -0.4 is 16.6 Å². The zero-order valence-electron chi connectivity index (χ0n) is 10.7. The summed E-state index contributed by atoms with van der Waals surface area (Å²) in [5.74, 6) is 0. The molecule has 1 aromatic heterocycles. The van der Waals surface area contributed by atoms with E-state index < -0.39 is 0 Å². The van der Waals surface area contributed by atoms with Crippen molar-refractivity contribution in [2.45, 2.75) is 0 Å². The van der Waals surface area contributed by atoms with Gasteiger partial charge in [-0.3, -0.25) is 4.79 Å². The molecule has 0 spiro atoms. The largest absolute Gasteiger partial charge is 0.397 e. The molecule has 7 heteroatoms. The van der Waals surface area contributed by atoms with Crippen molar-refractivity contribution in [3.05, 3.63) is 56.5 Å². The minimum absolute atomic E-state index is 0.218. The summed E-state index contributed by atoms with van der Waals surface area (Å²) >= 11 is 9.40. The molecule has 0 amide bonds. The molecule has 1 heterocycles. The van der Waals surface area contributed by atoms with Crippen molar-refractivity contribution in [2.75, 3.05) is 11.1 Å². The number of nitrogen functional groups attached to an aromatic ring is 1. The fraction of sp³-hybridized carbons (Fsp3) is 0. The average Bonchev–Trinajstić information content (AvgIpc) is 2.45. The Morgan fingerprint density at radius 1 is 1.29 bits per heavy atom. The molecular formula is C14H10BrClN4O. The van der Waals surface area contributed by atoms with Gasteiger partial charge < -0.3 is 16.0 Å². The average molecular weight is 366 g/mol. The smallest absolute Gasteiger partial charge is 0.258 e. The molecule has 0 radical (unpaired) electrons. The van der Waals surface area contributed by atoms with Crippen molar-refractivity contribution in [2.24, 2.45) is 0 Å². The van der Waals surface area contributed by atoms with Crippen molar-refractivity contribution in [3.8, 4) is 0 Å². The lowest BCUT2D eigenvalue weighted by molar-refractivity contribution is 1.17.